The third kappa shape index (κ3) is 4.48. The molecule has 27 heavy (non-hydrogen) atoms. The lowest BCUT2D eigenvalue weighted by Gasteiger charge is -2.35. The van der Waals surface area contributed by atoms with Crippen LogP contribution in [0.2, 0.25) is 0 Å². The first kappa shape index (κ1) is 19.0. The van der Waals surface area contributed by atoms with E-state index in [2.05, 4.69) is 0 Å². The molecule has 5 nitrogen and oxygen atoms in total. The van der Waals surface area contributed by atoms with E-state index < -0.39 is 0 Å². The van der Waals surface area contributed by atoms with Gasteiger partial charge in [0, 0.05) is 31.7 Å². The summed E-state index contributed by atoms with van der Waals surface area (Å²) < 4.78 is 5.14. The molecule has 2 amide bonds. The van der Waals surface area contributed by atoms with Gasteiger partial charge in [0.05, 0.1) is 13.5 Å². The smallest absolute Gasteiger partial charge is 0.254 e. The van der Waals surface area contributed by atoms with Gasteiger partial charge in [0.15, 0.2) is 0 Å². The van der Waals surface area contributed by atoms with Crippen LogP contribution in [0.4, 0.5) is 0 Å². The van der Waals surface area contributed by atoms with Gasteiger partial charge in [-0.1, -0.05) is 29.8 Å². The first-order valence-corrected chi connectivity index (χ1v) is 9.25. The van der Waals surface area contributed by atoms with Gasteiger partial charge in [-0.05, 0) is 43.2 Å². The molecule has 0 unspecified atom stereocenters. The summed E-state index contributed by atoms with van der Waals surface area (Å²) in [6.45, 7) is 6.28. The van der Waals surface area contributed by atoms with E-state index in [1.54, 1.807) is 7.11 Å². The molecule has 0 saturated carbocycles. The minimum Gasteiger partial charge on any atom is -0.497 e. The second-order valence-electron chi connectivity index (χ2n) is 7.02. The van der Waals surface area contributed by atoms with E-state index in [0.29, 0.717) is 32.6 Å². The number of carbonyl (C=O) groups excluding carboxylic acids is 2. The summed E-state index contributed by atoms with van der Waals surface area (Å²) in [7, 11) is 1.62. The molecule has 1 saturated heterocycles. The zero-order valence-corrected chi connectivity index (χ0v) is 16.2. The molecule has 1 fully saturated rings. The maximum atomic E-state index is 12.8. The van der Waals surface area contributed by atoms with Crippen LogP contribution < -0.4 is 4.74 Å². The van der Waals surface area contributed by atoms with Crippen LogP contribution in [0.25, 0.3) is 0 Å². The van der Waals surface area contributed by atoms with Crippen molar-refractivity contribution in [3.8, 4) is 5.75 Å². The van der Waals surface area contributed by atoms with Crippen LogP contribution in [0.15, 0.2) is 42.5 Å². The Morgan fingerprint density at radius 2 is 1.56 bits per heavy atom. The van der Waals surface area contributed by atoms with Gasteiger partial charge in [0.1, 0.15) is 5.75 Å². The number of amides is 2. The first-order valence-electron chi connectivity index (χ1n) is 9.25. The third-order valence-corrected chi connectivity index (χ3v) is 5.05. The lowest BCUT2D eigenvalue weighted by Crippen LogP contribution is -2.51. The molecule has 2 aromatic rings. The largest absolute Gasteiger partial charge is 0.497 e. The highest BCUT2D eigenvalue weighted by atomic mass is 16.5. The van der Waals surface area contributed by atoms with Crippen molar-refractivity contribution < 1.29 is 14.3 Å². The molecule has 5 heteroatoms. The number of nitrogens with zero attached hydrogens (tertiary/aromatic N) is 2. The average Bonchev–Trinajstić information content (AvgIpc) is 2.68. The maximum absolute atomic E-state index is 12.8. The fraction of sp³-hybridized carbons (Fsp3) is 0.364. The van der Waals surface area contributed by atoms with E-state index in [0.717, 1.165) is 28.0 Å². The highest BCUT2D eigenvalue weighted by Gasteiger charge is 2.25. The topological polar surface area (TPSA) is 49.9 Å². The average molecular weight is 366 g/mol. The van der Waals surface area contributed by atoms with Crippen LogP contribution in [-0.2, 0) is 11.2 Å². The van der Waals surface area contributed by atoms with Gasteiger partial charge >= 0.3 is 0 Å². The summed E-state index contributed by atoms with van der Waals surface area (Å²) in [5, 5.41) is 0. The predicted octanol–water partition coefficient (Wildman–Crippen LogP) is 2.84. The quantitative estimate of drug-likeness (QED) is 0.836. The van der Waals surface area contributed by atoms with Crippen molar-refractivity contribution in [3.63, 3.8) is 0 Å². The van der Waals surface area contributed by atoms with Crippen molar-refractivity contribution in [2.75, 3.05) is 33.3 Å². The molecule has 0 N–H and O–H groups in total. The van der Waals surface area contributed by atoms with Crippen LogP contribution in [0.3, 0.4) is 0 Å². The van der Waals surface area contributed by atoms with E-state index in [1.165, 1.54) is 0 Å². The molecule has 2 aromatic carbocycles. The zero-order valence-electron chi connectivity index (χ0n) is 16.2. The molecule has 0 radical (unpaired) electrons. The van der Waals surface area contributed by atoms with Crippen LogP contribution in [-0.4, -0.2) is 54.9 Å². The summed E-state index contributed by atoms with van der Waals surface area (Å²) in [6.07, 6.45) is 0.370. The number of benzene rings is 2. The van der Waals surface area contributed by atoms with Gasteiger partial charge in [0.25, 0.3) is 5.91 Å². The standard InChI is InChI=1S/C22H26N2O3/c1-16-4-9-20(17(2)14-16)22(26)24-12-10-23(11-13-24)21(25)15-18-5-7-19(27-3)8-6-18/h4-9,14H,10-13,15H2,1-3H3. The Morgan fingerprint density at radius 1 is 0.926 bits per heavy atom. The molecule has 3 rings (SSSR count). The summed E-state index contributed by atoms with van der Waals surface area (Å²) in [6, 6.07) is 13.4. The van der Waals surface area contributed by atoms with Crippen molar-refractivity contribution in [2.45, 2.75) is 20.3 Å². The molecule has 0 spiro atoms. The van der Waals surface area contributed by atoms with E-state index >= 15 is 0 Å². The second-order valence-corrected chi connectivity index (χ2v) is 7.02. The number of hydrogen-bond acceptors (Lipinski definition) is 3. The van der Waals surface area contributed by atoms with Gasteiger partial charge in [-0.2, -0.15) is 0 Å². The van der Waals surface area contributed by atoms with Gasteiger partial charge in [-0.25, -0.2) is 0 Å². The van der Waals surface area contributed by atoms with Gasteiger partial charge in [-0.15, -0.1) is 0 Å². The van der Waals surface area contributed by atoms with Gasteiger partial charge < -0.3 is 14.5 Å². The first-order chi connectivity index (χ1) is 13.0. The number of methoxy groups -OCH3 is 1. The van der Waals surface area contributed by atoms with Crippen LogP contribution in [0.5, 0.6) is 5.75 Å². The summed E-state index contributed by atoms with van der Waals surface area (Å²) in [5.74, 6) is 0.929. The van der Waals surface area contributed by atoms with Crippen LogP contribution in [0, 0.1) is 13.8 Å². The van der Waals surface area contributed by atoms with Crippen LogP contribution in [0.1, 0.15) is 27.0 Å². The Kier molecular flexibility index (Phi) is 5.79. The molecule has 1 aliphatic rings. The molecular formula is C22H26N2O3. The fourth-order valence-electron chi connectivity index (χ4n) is 3.41. The highest BCUT2D eigenvalue weighted by Crippen LogP contribution is 2.16. The Balaban J connectivity index is 1.56. The summed E-state index contributed by atoms with van der Waals surface area (Å²) in [4.78, 5) is 29.0. The predicted molar refractivity (Wildman–Crippen MR) is 105 cm³/mol. The van der Waals surface area contributed by atoms with Crippen molar-refractivity contribution in [1.29, 1.82) is 0 Å². The van der Waals surface area contributed by atoms with E-state index in [4.69, 9.17) is 4.74 Å². The third-order valence-electron chi connectivity index (χ3n) is 5.05. The van der Waals surface area contributed by atoms with E-state index in [-0.39, 0.29) is 11.8 Å². The lowest BCUT2D eigenvalue weighted by molar-refractivity contribution is -0.131. The second kappa shape index (κ2) is 8.25. The Hall–Kier alpha value is -2.82. The SMILES string of the molecule is COc1ccc(CC(=O)N2CCN(C(=O)c3ccc(C)cc3C)CC2)cc1. The van der Waals surface area contributed by atoms with Crippen molar-refractivity contribution in [1.82, 2.24) is 9.80 Å². The highest BCUT2D eigenvalue weighted by molar-refractivity contribution is 5.96. The molecule has 0 bridgehead atoms. The maximum Gasteiger partial charge on any atom is 0.254 e. The van der Waals surface area contributed by atoms with E-state index in [1.807, 2.05) is 66.1 Å². The van der Waals surface area contributed by atoms with E-state index in [9.17, 15) is 9.59 Å². The number of rotatable bonds is 4. The molecule has 1 aliphatic heterocycles. The fourth-order valence-corrected chi connectivity index (χ4v) is 3.41. The minimum absolute atomic E-state index is 0.0507. The zero-order chi connectivity index (χ0) is 19.4. The van der Waals surface area contributed by atoms with Crippen LogP contribution >= 0.6 is 0 Å². The number of piperazine rings is 1. The monoisotopic (exact) mass is 366 g/mol. The molecule has 0 atom stereocenters. The Bertz CT molecular complexity index is 822. The molecule has 0 aliphatic carbocycles. The van der Waals surface area contributed by atoms with Crippen molar-refractivity contribution in [3.05, 3.63) is 64.7 Å². The molecular weight excluding hydrogens is 340 g/mol. The molecule has 1 heterocycles. The normalized spacial score (nSPS) is 14.2. The van der Waals surface area contributed by atoms with Crippen molar-refractivity contribution >= 4 is 11.8 Å². The van der Waals surface area contributed by atoms with Gasteiger partial charge in [-0.3, -0.25) is 9.59 Å². The Labute approximate surface area is 160 Å². The van der Waals surface area contributed by atoms with Gasteiger partial charge in [0.2, 0.25) is 5.91 Å². The number of aryl methyl sites for hydroxylation is 2. The Morgan fingerprint density at radius 3 is 2.15 bits per heavy atom. The molecule has 0 aromatic heterocycles. The van der Waals surface area contributed by atoms with Crippen molar-refractivity contribution in [2.24, 2.45) is 0 Å². The number of carbonyl (C=O) groups is 2. The number of hydrogen-bond donors (Lipinski definition) is 0. The minimum atomic E-state index is 0.0507. The summed E-state index contributed by atoms with van der Waals surface area (Å²) in [5.41, 5.74) is 3.87. The molecule has 142 valence electrons. The number of ether oxygens (including phenoxy) is 1. The summed E-state index contributed by atoms with van der Waals surface area (Å²) >= 11 is 0. The lowest BCUT2D eigenvalue weighted by atomic mass is 10.0.